The van der Waals surface area contributed by atoms with Crippen LogP contribution in [0.4, 0.5) is 10.5 Å². The molecule has 1 aromatic carbocycles. The molecule has 0 saturated heterocycles. The van der Waals surface area contributed by atoms with Crippen LogP contribution >= 0.6 is 0 Å². The van der Waals surface area contributed by atoms with Crippen molar-refractivity contribution in [2.75, 3.05) is 18.5 Å². The number of hydrogen-bond acceptors (Lipinski definition) is 5. The van der Waals surface area contributed by atoms with E-state index in [9.17, 15) is 9.59 Å². The Morgan fingerprint density at radius 3 is 2.52 bits per heavy atom. The molecule has 1 aliphatic heterocycles. The van der Waals surface area contributed by atoms with Gasteiger partial charge in [0.2, 0.25) is 0 Å². The van der Waals surface area contributed by atoms with Crippen LogP contribution in [0.25, 0.3) is 0 Å². The third kappa shape index (κ3) is 5.59. The van der Waals surface area contributed by atoms with Crippen molar-refractivity contribution in [3.8, 4) is 0 Å². The number of aliphatic imine (C=N–C) groups is 1. The van der Waals surface area contributed by atoms with Gasteiger partial charge < -0.3 is 9.47 Å². The summed E-state index contributed by atoms with van der Waals surface area (Å²) in [6.07, 6.45) is 1.13. The van der Waals surface area contributed by atoms with Gasteiger partial charge in [-0.25, -0.2) is 4.79 Å². The minimum absolute atomic E-state index is 0.225. The number of benzene rings is 1. The van der Waals surface area contributed by atoms with E-state index in [0.29, 0.717) is 18.8 Å². The van der Waals surface area contributed by atoms with Crippen LogP contribution in [0, 0.1) is 5.92 Å². The van der Waals surface area contributed by atoms with Crippen LogP contribution in [0.2, 0.25) is 0 Å². The first-order valence-electron chi connectivity index (χ1n) is 8.61. The van der Waals surface area contributed by atoms with Crippen molar-refractivity contribution < 1.29 is 19.1 Å². The van der Waals surface area contributed by atoms with Gasteiger partial charge in [0.05, 0.1) is 18.2 Å². The van der Waals surface area contributed by atoms with Gasteiger partial charge in [0.15, 0.2) is 0 Å². The molecular formula is C19H26N2O4. The monoisotopic (exact) mass is 346 g/mol. The molecule has 0 aliphatic carbocycles. The first kappa shape index (κ1) is 19.0. The second-order valence-corrected chi connectivity index (χ2v) is 6.92. The minimum Gasteiger partial charge on any atom is -0.465 e. The molecule has 0 saturated carbocycles. The molecular weight excluding hydrogens is 320 g/mol. The Balaban J connectivity index is 2.09. The maximum absolute atomic E-state index is 12.2. The van der Waals surface area contributed by atoms with Gasteiger partial charge in [-0.05, 0) is 58.2 Å². The Kier molecular flexibility index (Phi) is 6.17. The van der Waals surface area contributed by atoms with Crippen molar-refractivity contribution in [1.82, 2.24) is 0 Å². The number of carbonyl (C=O) groups excluding carboxylic acids is 2. The van der Waals surface area contributed by atoms with Gasteiger partial charge in [-0.15, -0.1) is 0 Å². The number of nitrogens with one attached hydrogen (secondary N) is 1. The summed E-state index contributed by atoms with van der Waals surface area (Å²) in [5.74, 6) is -0.546. The highest BCUT2D eigenvalue weighted by molar-refractivity contribution is 6.12. The second-order valence-electron chi connectivity index (χ2n) is 6.92. The van der Waals surface area contributed by atoms with E-state index in [-0.39, 0.29) is 11.9 Å². The summed E-state index contributed by atoms with van der Waals surface area (Å²) in [5, 5.41) is 2.69. The second kappa shape index (κ2) is 8.14. The van der Waals surface area contributed by atoms with E-state index in [1.807, 2.05) is 32.9 Å². The standard InChI is InChI=1S/C19H26N2O4/c1-5-24-17(22)15-7-6-12-20-16(15)13-8-10-14(11-9-13)21-18(23)25-19(2,3)4/h8-11,15H,5-7,12H2,1-4H3,(H,21,23)/t15-/m1/s1. The summed E-state index contributed by atoms with van der Waals surface area (Å²) in [4.78, 5) is 28.5. The van der Waals surface area contributed by atoms with E-state index in [4.69, 9.17) is 9.47 Å². The van der Waals surface area contributed by atoms with Crippen LogP contribution in [0.5, 0.6) is 0 Å². The summed E-state index contributed by atoms with van der Waals surface area (Å²) >= 11 is 0. The molecule has 6 heteroatoms. The smallest absolute Gasteiger partial charge is 0.412 e. The topological polar surface area (TPSA) is 77.0 Å². The van der Waals surface area contributed by atoms with E-state index < -0.39 is 11.7 Å². The van der Waals surface area contributed by atoms with Crippen LogP contribution in [0.1, 0.15) is 46.1 Å². The van der Waals surface area contributed by atoms with Gasteiger partial charge in [-0.2, -0.15) is 0 Å². The lowest BCUT2D eigenvalue weighted by atomic mass is 9.90. The van der Waals surface area contributed by atoms with E-state index in [0.717, 1.165) is 24.1 Å². The Hall–Kier alpha value is -2.37. The average Bonchev–Trinajstić information content (AvgIpc) is 2.54. The molecule has 1 heterocycles. The van der Waals surface area contributed by atoms with Gasteiger partial charge in [0.1, 0.15) is 5.60 Å². The SMILES string of the molecule is CCOC(=O)[C@@H]1CCCN=C1c1ccc(NC(=O)OC(C)(C)C)cc1. The Morgan fingerprint density at radius 1 is 1.24 bits per heavy atom. The highest BCUT2D eigenvalue weighted by Gasteiger charge is 2.28. The summed E-state index contributed by atoms with van der Waals surface area (Å²) in [7, 11) is 0. The van der Waals surface area contributed by atoms with Crippen molar-refractivity contribution in [3.05, 3.63) is 29.8 Å². The zero-order valence-electron chi connectivity index (χ0n) is 15.3. The molecule has 0 bridgehead atoms. The summed E-state index contributed by atoms with van der Waals surface area (Å²) in [6.45, 7) is 8.31. The Bertz CT molecular complexity index is 644. The fourth-order valence-corrected chi connectivity index (χ4v) is 2.65. The molecule has 136 valence electrons. The molecule has 0 fully saturated rings. The van der Waals surface area contributed by atoms with Crippen molar-refractivity contribution >= 4 is 23.5 Å². The maximum Gasteiger partial charge on any atom is 0.412 e. The van der Waals surface area contributed by atoms with Crippen LogP contribution < -0.4 is 5.32 Å². The van der Waals surface area contributed by atoms with E-state index in [1.54, 1.807) is 19.1 Å². The highest BCUT2D eigenvalue weighted by atomic mass is 16.6. The van der Waals surface area contributed by atoms with E-state index >= 15 is 0 Å². The van der Waals surface area contributed by atoms with Crippen molar-refractivity contribution in [3.63, 3.8) is 0 Å². The zero-order valence-corrected chi connectivity index (χ0v) is 15.3. The number of rotatable bonds is 4. The molecule has 0 unspecified atom stereocenters. The Labute approximate surface area is 148 Å². The number of nitrogens with zero attached hydrogens (tertiary/aromatic N) is 1. The third-order valence-electron chi connectivity index (χ3n) is 3.66. The molecule has 2 rings (SSSR count). The molecule has 1 amide bonds. The van der Waals surface area contributed by atoms with Crippen LogP contribution in [-0.2, 0) is 14.3 Å². The van der Waals surface area contributed by atoms with E-state index in [2.05, 4.69) is 10.3 Å². The fraction of sp³-hybridized carbons (Fsp3) is 0.526. The van der Waals surface area contributed by atoms with Crippen molar-refractivity contribution in [2.24, 2.45) is 10.9 Å². The third-order valence-corrected chi connectivity index (χ3v) is 3.66. The number of hydrogen-bond donors (Lipinski definition) is 1. The number of esters is 1. The molecule has 6 nitrogen and oxygen atoms in total. The highest BCUT2D eigenvalue weighted by Crippen LogP contribution is 2.23. The molecule has 25 heavy (non-hydrogen) atoms. The largest absolute Gasteiger partial charge is 0.465 e. The lowest BCUT2D eigenvalue weighted by molar-refractivity contribution is -0.145. The maximum atomic E-state index is 12.2. The van der Waals surface area contributed by atoms with Gasteiger partial charge in [0, 0.05) is 12.2 Å². The number of carbonyl (C=O) groups is 2. The lowest BCUT2D eigenvalue weighted by Gasteiger charge is -2.22. The molecule has 0 radical (unpaired) electrons. The first-order chi connectivity index (χ1) is 11.8. The fourth-order valence-electron chi connectivity index (χ4n) is 2.65. The quantitative estimate of drug-likeness (QED) is 0.841. The zero-order chi connectivity index (χ0) is 18.4. The van der Waals surface area contributed by atoms with Gasteiger partial charge in [0.25, 0.3) is 0 Å². The van der Waals surface area contributed by atoms with Crippen LogP contribution in [-0.4, -0.2) is 36.5 Å². The van der Waals surface area contributed by atoms with Crippen molar-refractivity contribution in [2.45, 2.75) is 46.1 Å². The normalized spacial score (nSPS) is 17.4. The molecule has 1 N–H and O–H groups in total. The molecule has 0 aromatic heterocycles. The average molecular weight is 346 g/mol. The van der Waals surface area contributed by atoms with Gasteiger partial charge in [-0.3, -0.25) is 15.1 Å². The minimum atomic E-state index is -0.548. The van der Waals surface area contributed by atoms with Crippen molar-refractivity contribution in [1.29, 1.82) is 0 Å². The molecule has 1 aliphatic rings. The summed E-state index contributed by atoms with van der Waals surface area (Å²) in [5.41, 5.74) is 1.70. The van der Waals surface area contributed by atoms with Crippen LogP contribution in [0.15, 0.2) is 29.3 Å². The summed E-state index contributed by atoms with van der Waals surface area (Å²) in [6, 6.07) is 7.25. The molecule has 0 spiro atoms. The number of anilines is 1. The molecule has 1 aromatic rings. The number of ether oxygens (including phenoxy) is 2. The predicted octanol–water partition coefficient (Wildman–Crippen LogP) is 3.80. The number of amides is 1. The first-order valence-corrected chi connectivity index (χ1v) is 8.61. The van der Waals surface area contributed by atoms with Crippen LogP contribution in [0.3, 0.4) is 0 Å². The molecule has 1 atom stereocenters. The van der Waals surface area contributed by atoms with Gasteiger partial charge >= 0.3 is 12.1 Å². The summed E-state index contributed by atoms with van der Waals surface area (Å²) < 4.78 is 10.4. The lowest BCUT2D eigenvalue weighted by Crippen LogP contribution is -2.30. The predicted molar refractivity (Wildman–Crippen MR) is 97.1 cm³/mol. The van der Waals surface area contributed by atoms with Gasteiger partial charge in [-0.1, -0.05) is 12.1 Å². The van der Waals surface area contributed by atoms with E-state index in [1.165, 1.54) is 0 Å². The Morgan fingerprint density at radius 2 is 1.92 bits per heavy atom.